The predicted octanol–water partition coefficient (Wildman–Crippen LogP) is 12.1. The van der Waals surface area contributed by atoms with Gasteiger partial charge in [0.2, 0.25) is 0 Å². The Bertz CT molecular complexity index is 3010. The van der Waals surface area contributed by atoms with Gasteiger partial charge in [-0.15, -0.1) is 0 Å². The normalized spacial score (nSPS) is 13.7. The van der Waals surface area contributed by atoms with Crippen molar-refractivity contribution in [2.45, 2.75) is 12.8 Å². The number of hydrogen-bond donors (Lipinski definition) is 0. The lowest BCUT2D eigenvalue weighted by Gasteiger charge is -2.26. The predicted molar refractivity (Wildman–Crippen MR) is 190 cm³/mol. The maximum atomic E-state index is 2.59. The van der Waals surface area contributed by atoms with E-state index in [4.69, 9.17) is 0 Å². The van der Waals surface area contributed by atoms with Gasteiger partial charge >= 0.3 is 0 Å². The molecule has 0 N–H and O–H groups in total. The minimum atomic E-state index is 1.04. The van der Waals surface area contributed by atoms with Crippen LogP contribution in [0.15, 0.2) is 121 Å². The summed E-state index contributed by atoms with van der Waals surface area (Å²) in [6, 6.07) is 46.9. The summed E-state index contributed by atoms with van der Waals surface area (Å²) in [5, 5.41) is 25.2. The average molecular weight is 553 g/mol. The second-order valence-corrected chi connectivity index (χ2v) is 13.0. The maximum absolute atomic E-state index is 2.59. The van der Waals surface area contributed by atoms with Crippen molar-refractivity contribution in [3.8, 4) is 11.1 Å². The topological polar surface area (TPSA) is 0 Å². The monoisotopic (exact) mass is 552 g/mol. The Balaban J connectivity index is 1.52. The third-order valence-corrected chi connectivity index (χ3v) is 11.1. The first kappa shape index (κ1) is 22.1. The van der Waals surface area contributed by atoms with Crippen LogP contribution in [0.1, 0.15) is 11.1 Å². The summed E-state index contributed by atoms with van der Waals surface area (Å²) in [6.45, 7) is 0. The Hall–Kier alpha value is -5.46. The van der Waals surface area contributed by atoms with Gasteiger partial charge in [-0.3, -0.25) is 0 Å². The Morgan fingerprint density at radius 2 is 0.841 bits per heavy atom. The van der Waals surface area contributed by atoms with Gasteiger partial charge in [0.1, 0.15) is 0 Å². The molecule has 0 fully saturated rings. The zero-order valence-electron chi connectivity index (χ0n) is 24.0. The van der Waals surface area contributed by atoms with Gasteiger partial charge in [-0.25, -0.2) is 0 Å². The highest BCUT2D eigenvalue weighted by molar-refractivity contribution is 6.52. The summed E-state index contributed by atoms with van der Waals surface area (Å²) >= 11 is 0. The third-order valence-electron chi connectivity index (χ3n) is 11.1. The van der Waals surface area contributed by atoms with E-state index in [0.29, 0.717) is 0 Å². The van der Waals surface area contributed by atoms with Gasteiger partial charge in [-0.05, 0) is 138 Å². The van der Waals surface area contributed by atoms with Crippen LogP contribution in [0, 0.1) is 0 Å². The van der Waals surface area contributed by atoms with E-state index in [1.165, 1.54) is 119 Å². The molecule has 11 aromatic carbocycles. The van der Waals surface area contributed by atoms with Gasteiger partial charge in [0.05, 0.1) is 0 Å². The minimum absolute atomic E-state index is 1.04. The largest absolute Gasteiger partial charge is 0.0616 e. The van der Waals surface area contributed by atoms with Crippen LogP contribution in [-0.4, -0.2) is 0 Å². The summed E-state index contributed by atoms with van der Waals surface area (Å²) in [7, 11) is 0. The van der Waals surface area contributed by atoms with Crippen LogP contribution in [0.25, 0.3) is 108 Å². The van der Waals surface area contributed by atoms with E-state index in [9.17, 15) is 0 Å². The fraction of sp³-hybridized carbons (Fsp3) is 0.0455. The number of rotatable bonds is 0. The van der Waals surface area contributed by atoms with E-state index in [2.05, 4.69) is 121 Å². The molecule has 0 heteroatoms. The van der Waals surface area contributed by atoms with Crippen LogP contribution >= 0.6 is 0 Å². The molecule has 0 saturated carbocycles. The summed E-state index contributed by atoms with van der Waals surface area (Å²) < 4.78 is 0. The van der Waals surface area contributed by atoms with Gasteiger partial charge in [0.25, 0.3) is 0 Å². The molecule has 44 heavy (non-hydrogen) atoms. The van der Waals surface area contributed by atoms with E-state index >= 15 is 0 Å². The maximum Gasteiger partial charge on any atom is -0.0000928 e. The van der Waals surface area contributed by atoms with Crippen molar-refractivity contribution in [3.05, 3.63) is 132 Å². The zero-order valence-corrected chi connectivity index (χ0v) is 24.0. The molecule has 0 nitrogen and oxygen atoms in total. The van der Waals surface area contributed by atoms with Crippen molar-refractivity contribution in [1.82, 2.24) is 0 Å². The Labute approximate surface area is 252 Å². The molecule has 0 saturated heterocycles. The quantitative estimate of drug-likeness (QED) is 0.130. The van der Waals surface area contributed by atoms with Crippen molar-refractivity contribution >= 4 is 97.0 Å². The van der Waals surface area contributed by atoms with Crippen molar-refractivity contribution in [2.24, 2.45) is 0 Å². The number of hydrogen-bond acceptors (Lipinski definition) is 0. The Morgan fingerprint density at radius 3 is 1.55 bits per heavy atom. The van der Waals surface area contributed by atoms with Crippen LogP contribution in [0.5, 0.6) is 0 Å². The van der Waals surface area contributed by atoms with Gasteiger partial charge < -0.3 is 0 Å². The summed E-state index contributed by atoms with van der Waals surface area (Å²) in [5.41, 5.74) is 5.53. The van der Waals surface area contributed by atoms with Crippen LogP contribution in [0.4, 0.5) is 0 Å². The van der Waals surface area contributed by atoms with Gasteiger partial charge in [-0.2, -0.15) is 0 Å². The third kappa shape index (κ3) is 2.37. The standard InChI is InChI=1S/C44H24/c1-2-7-28-27(6-1)29-8-3-9-30-31-10-4-11-32-33-12-5-13-34-38-26-21-20-25(19-16-23-14-17-24(26)18-15-23)37(38)36-22-35(28)42(39(29)30)44(40(31)32)43(36)41(33)34/h1-15,17-18,20-22H,16,19H2. The van der Waals surface area contributed by atoms with Crippen molar-refractivity contribution in [2.75, 3.05) is 0 Å². The average Bonchev–Trinajstić information content (AvgIpc) is 3.10. The first-order chi connectivity index (χ1) is 21.8. The molecule has 0 spiro atoms. The molecule has 0 aliphatic heterocycles. The smallest absolute Gasteiger partial charge is 0.0000928 e. The second kappa shape index (κ2) is 7.36. The van der Waals surface area contributed by atoms with Crippen LogP contribution in [-0.2, 0) is 12.8 Å². The highest BCUT2D eigenvalue weighted by Crippen LogP contribution is 2.55. The number of fused-ring (bicyclic) bond motifs is 5. The Kier molecular flexibility index (Phi) is 3.70. The first-order valence-corrected chi connectivity index (χ1v) is 15.8. The number of benzene rings is 11. The van der Waals surface area contributed by atoms with E-state index < -0.39 is 0 Å². The second-order valence-electron chi connectivity index (χ2n) is 13.0. The summed E-state index contributed by atoms with van der Waals surface area (Å²) in [4.78, 5) is 0. The van der Waals surface area contributed by atoms with Crippen LogP contribution in [0.2, 0.25) is 0 Å². The molecular weight excluding hydrogens is 528 g/mol. The molecule has 0 atom stereocenters. The number of aryl methyl sites for hydroxylation is 2. The van der Waals surface area contributed by atoms with E-state index in [1.807, 2.05) is 0 Å². The Morgan fingerprint density at radius 1 is 0.295 bits per heavy atom. The van der Waals surface area contributed by atoms with Gasteiger partial charge in [0, 0.05) is 0 Å². The minimum Gasteiger partial charge on any atom is -0.0616 e. The molecule has 200 valence electrons. The SMILES string of the molecule is c1ccc2c(c1)c1cccc3c4cccc5c6cccc7c8c9ccc(c8c8cc2c(c13)c(c45)c8c67)CCc1ccc-9cc1. The molecule has 15 rings (SSSR count). The molecule has 4 aliphatic rings. The molecule has 4 aliphatic carbocycles. The van der Waals surface area contributed by atoms with Gasteiger partial charge in [0.15, 0.2) is 0 Å². The zero-order chi connectivity index (χ0) is 28.3. The van der Waals surface area contributed by atoms with Crippen molar-refractivity contribution in [1.29, 1.82) is 0 Å². The summed E-state index contributed by atoms with van der Waals surface area (Å²) in [5.74, 6) is 0. The molecule has 4 bridgehead atoms. The highest BCUT2D eigenvalue weighted by Gasteiger charge is 2.26. The van der Waals surface area contributed by atoms with E-state index in [0.717, 1.165) is 12.8 Å². The highest BCUT2D eigenvalue weighted by atomic mass is 14.3. The molecule has 0 unspecified atom stereocenters. The molecule has 11 aromatic rings. The lowest BCUT2D eigenvalue weighted by atomic mass is 9.77. The van der Waals surface area contributed by atoms with Crippen LogP contribution < -0.4 is 0 Å². The molecular formula is C44H24. The molecule has 0 aromatic heterocycles. The lowest BCUT2D eigenvalue weighted by Crippen LogP contribution is -2.00. The van der Waals surface area contributed by atoms with E-state index in [-0.39, 0.29) is 0 Å². The summed E-state index contributed by atoms with van der Waals surface area (Å²) in [6.07, 6.45) is 2.09. The fourth-order valence-electron chi connectivity index (χ4n) is 9.42. The lowest BCUT2D eigenvalue weighted by molar-refractivity contribution is 0.969. The van der Waals surface area contributed by atoms with Crippen LogP contribution in [0.3, 0.4) is 0 Å². The van der Waals surface area contributed by atoms with Gasteiger partial charge in [-0.1, -0.05) is 115 Å². The molecule has 0 amide bonds. The molecule has 0 heterocycles. The fourth-order valence-corrected chi connectivity index (χ4v) is 9.42. The van der Waals surface area contributed by atoms with Crippen molar-refractivity contribution in [3.63, 3.8) is 0 Å². The van der Waals surface area contributed by atoms with E-state index in [1.54, 1.807) is 0 Å². The van der Waals surface area contributed by atoms with Crippen molar-refractivity contribution < 1.29 is 0 Å². The first-order valence-electron chi connectivity index (χ1n) is 15.8. The molecule has 0 radical (unpaired) electrons.